The fraction of sp³-hybridized carbons (Fsp3) is 0.435. The number of likely N-dealkylation sites (tertiary alicyclic amines) is 1. The molecule has 0 bridgehead atoms. The smallest absolute Gasteiger partial charge is 0.260 e. The lowest BCUT2D eigenvalue weighted by Crippen LogP contribution is -2.42. The molecule has 2 aromatic heterocycles. The Labute approximate surface area is 171 Å². The standard InChI is InChI=1S/C23H28N4O2/c1-23(2,3)18-10-4-5-11-19(18)29-16-21(28)26-13-8-9-17(15-26)22-25-24-20-12-6-7-14-27(20)22/h4-7,10-12,14,17H,8-9,13,15-16H2,1-3H3. The molecule has 6 nitrogen and oxygen atoms in total. The molecule has 6 heteroatoms. The predicted octanol–water partition coefficient (Wildman–Crippen LogP) is 3.81. The van der Waals surface area contributed by atoms with Crippen LogP contribution in [0, 0.1) is 0 Å². The van der Waals surface area contributed by atoms with Crippen LogP contribution >= 0.6 is 0 Å². The fourth-order valence-corrected chi connectivity index (χ4v) is 4.00. The van der Waals surface area contributed by atoms with E-state index in [0.29, 0.717) is 6.54 Å². The van der Waals surface area contributed by atoms with E-state index in [4.69, 9.17) is 4.74 Å². The monoisotopic (exact) mass is 392 g/mol. The Morgan fingerprint density at radius 3 is 2.76 bits per heavy atom. The number of nitrogens with zero attached hydrogens (tertiary/aromatic N) is 4. The lowest BCUT2D eigenvalue weighted by Gasteiger charge is -2.32. The van der Waals surface area contributed by atoms with E-state index < -0.39 is 0 Å². The molecule has 0 N–H and O–H groups in total. The van der Waals surface area contributed by atoms with Gasteiger partial charge in [-0.15, -0.1) is 10.2 Å². The Kier molecular flexibility index (Phi) is 5.26. The van der Waals surface area contributed by atoms with Gasteiger partial charge in [0.15, 0.2) is 12.3 Å². The number of carbonyl (C=O) groups is 1. The molecule has 0 radical (unpaired) electrons. The van der Waals surface area contributed by atoms with Crippen LogP contribution in [0.5, 0.6) is 5.75 Å². The number of aromatic nitrogens is 3. The van der Waals surface area contributed by atoms with Gasteiger partial charge in [-0.1, -0.05) is 45.0 Å². The summed E-state index contributed by atoms with van der Waals surface area (Å²) in [6.45, 7) is 7.91. The molecular formula is C23H28N4O2. The van der Waals surface area contributed by atoms with Crippen molar-refractivity contribution in [1.29, 1.82) is 0 Å². The highest BCUT2D eigenvalue weighted by Crippen LogP contribution is 2.31. The first kappa shape index (κ1) is 19.4. The molecule has 1 saturated heterocycles. The van der Waals surface area contributed by atoms with Gasteiger partial charge in [0.1, 0.15) is 11.6 Å². The van der Waals surface area contributed by atoms with Crippen LogP contribution in [0.25, 0.3) is 5.65 Å². The minimum absolute atomic E-state index is 0.0206. The molecule has 0 saturated carbocycles. The highest BCUT2D eigenvalue weighted by Gasteiger charge is 2.28. The Hall–Kier alpha value is -2.89. The Morgan fingerprint density at radius 2 is 1.93 bits per heavy atom. The maximum absolute atomic E-state index is 12.9. The third-order valence-electron chi connectivity index (χ3n) is 5.53. The van der Waals surface area contributed by atoms with Crippen molar-refractivity contribution in [2.24, 2.45) is 0 Å². The van der Waals surface area contributed by atoms with Crippen LogP contribution in [-0.2, 0) is 10.2 Å². The average molecular weight is 393 g/mol. The average Bonchev–Trinajstić information content (AvgIpc) is 3.16. The van der Waals surface area contributed by atoms with Gasteiger partial charge in [0.25, 0.3) is 5.91 Å². The molecule has 1 fully saturated rings. The normalized spacial score (nSPS) is 17.5. The van der Waals surface area contributed by atoms with Crippen molar-refractivity contribution >= 4 is 11.6 Å². The van der Waals surface area contributed by atoms with Crippen molar-refractivity contribution in [3.8, 4) is 5.75 Å². The van der Waals surface area contributed by atoms with Gasteiger partial charge < -0.3 is 9.64 Å². The molecule has 3 aromatic rings. The van der Waals surface area contributed by atoms with Crippen LogP contribution in [0.15, 0.2) is 48.7 Å². The summed E-state index contributed by atoms with van der Waals surface area (Å²) in [5.41, 5.74) is 1.91. The van der Waals surface area contributed by atoms with Gasteiger partial charge in [-0.05, 0) is 42.0 Å². The van der Waals surface area contributed by atoms with Crippen molar-refractivity contribution in [2.75, 3.05) is 19.7 Å². The maximum atomic E-state index is 12.9. The summed E-state index contributed by atoms with van der Waals surface area (Å²) < 4.78 is 7.97. The number of rotatable bonds is 4. The number of pyridine rings is 1. The van der Waals surface area contributed by atoms with E-state index in [0.717, 1.165) is 42.2 Å². The lowest BCUT2D eigenvalue weighted by molar-refractivity contribution is -0.134. The van der Waals surface area contributed by atoms with Crippen molar-refractivity contribution in [1.82, 2.24) is 19.5 Å². The van der Waals surface area contributed by atoms with Gasteiger partial charge >= 0.3 is 0 Å². The topological polar surface area (TPSA) is 59.7 Å². The summed E-state index contributed by atoms with van der Waals surface area (Å²) in [5.74, 6) is 1.92. The van der Waals surface area contributed by atoms with Crippen molar-refractivity contribution in [3.63, 3.8) is 0 Å². The summed E-state index contributed by atoms with van der Waals surface area (Å²) >= 11 is 0. The lowest BCUT2D eigenvalue weighted by atomic mass is 9.86. The van der Waals surface area contributed by atoms with Crippen molar-refractivity contribution in [2.45, 2.75) is 44.9 Å². The van der Waals surface area contributed by atoms with E-state index in [1.807, 2.05) is 51.9 Å². The summed E-state index contributed by atoms with van der Waals surface area (Å²) in [4.78, 5) is 14.8. The van der Waals surface area contributed by atoms with Crippen molar-refractivity contribution < 1.29 is 9.53 Å². The largest absolute Gasteiger partial charge is 0.483 e. The minimum atomic E-state index is -0.0371. The van der Waals surface area contributed by atoms with E-state index in [2.05, 4.69) is 37.0 Å². The summed E-state index contributed by atoms with van der Waals surface area (Å²) in [6, 6.07) is 13.8. The van der Waals surface area contributed by atoms with Gasteiger partial charge in [0.05, 0.1) is 0 Å². The highest BCUT2D eigenvalue weighted by molar-refractivity contribution is 5.78. The number of hydrogen-bond donors (Lipinski definition) is 0. The molecule has 4 rings (SSSR count). The van der Waals surface area contributed by atoms with Crippen LogP contribution in [0.2, 0.25) is 0 Å². The Balaban J connectivity index is 1.44. The maximum Gasteiger partial charge on any atom is 0.260 e. The fourth-order valence-electron chi connectivity index (χ4n) is 4.00. The third-order valence-corrected chi connectivity index (χ3v) is 5.53. The molecule has 1 unspecified atom stereocenters. The van der Waals surface area contributed by atoms with E-state index in [9.17, 15) is 4.79 Å². The zero-order valence-electron chi connectivity index (χ0n) is 17.3. The zero-order valence-corrected chi connectivity index (χ0v) is 17.3. The molecule has 1 atom stereocenters. The molecule has 1 aliphatic heterocycles. The van der Waals surface area contributed by atoms with Gasteiger partial charge in [0.2, 0.25) is 0 Å². The molecule has 29 heavy (non-hydrogen) atoms. The second kappa shape index (κ2) is 7.85. The van der Waals surface area contributed by atoms with E-state index in [-0.39, 0.29) is 23.8 Å². The predicted molar refractivity (Wildman–Crippen MR) is 112 cm³/mol. The summed E-state index contributed by atoms with van der Waals surface area (Å²) in [6.07, 6.45) is 3.95. The number of amides is 1. The third kappa shape index (κ3) is 4.11. The quantitative estimate of drug-likeness (QED) is 0.677. The van der Waals surface area contributed by atoms with Crippen LogP contribution in [0.4, 0.5) is 0 Å². The molecule has 152 valence electrons. The van der Waals surface area contributed by atoms with Gasteiger partial charge in [0, 0.05) is 25.2 Å². The number of benzene rings is 1. The number of carbonyl (C=O) groups excluding carboxylic acids is 1. The minimum Gasteiger partial charge on any atom is -0.483 e. The summed E-state index contributed by atoms with van der Waals surface area (Å²) in [5, 5.41) is 8.65. The van der Waals surface area contributed by atoms with E-state index >= 15 is 0 Å². The molecular weight excluding hydrogens is 364 g/mol. The summed E-state index contributed by atoms with van der Waals surface area (Å²) in [7, 11) is 0. The highest BCUT2D eigenvalue weighted by atomic mass is 16.5. The van der Waals surface area contributed by atoms with E-state index in [1.54, 1.807) is 0 Å². The second-order valence-electron chi connectivity index (χ2n) is 8.70. The number of hydrogen-bond acceptors (Lipinski definition) is 4. The van der Waals surface area contributed by atoms with Gasteiger partial charge in [-0.3, -0.25) is 9.20 Å². The Morgan fingerprint density at radius 1 is 1.14 bits per heavy atom. The zero-order chi connectivity index (χ0) is 20.4. The number of ether oxygens (including phenoxy) is 1. The van der Waals surface area contributed by atoms with Crippen LogP contribution < -0.4 is 4.74 Å². The first-order valence-corrected chi connectivity index (χ1v) is 10.2. The Bertz CT molecular complexity index is 1010. The molecule has 0 spiro atoms. The SMILES string of the molecule is CC(C)(C)c1ccccc1OCC(=O)N1CCCC(c2nnc3ccccn23)C1. The number of piperidine rings is 1. The van der Waals surface area contributed by atoms with Crippen LogP contribution in [0.3, 0.4) is 0 Å². The first-order valence-electron chi connectivity index (χ1n) is 10.2. The number of para-hydroxylation sites is 1. The van der Waals surface area contributed by atoms with Gasteiger partial charge in [-0.2, -0.15) is 0 Å². The van der Waals surface area contributed by atoms with Crippen LogP contribution in [0.1, 0.15) is 50.9 Å². The molecule has 1 aliphatic rings. The molecule has 1 amide bonds. The second-order valence-corrected chi connectivity index (χ2v) is 8.70. The molecule has 0 aliphatic carbocycles. The van der Waals surface area contributed by atoms with Crippen LogP contribution in [-0.4, -0.2) is 45.1 Å². The molecule has 3 heterocycles. The van der Waals surface area contributed by atoms with Gasteiger partial charge in [-0.25, -0.2) is 0 Å². The van der Waals surface area contributed by atoms with E-state index in [1.165, 1.54) is 0 Å². The molecule has 1 aromatic carbocycles. The first-order chi connectivity index (χ1) is 13.9. The number of fused-ring (bicyclic) bond motifs is 1. The van der Waals surface area contributed by atoms with Crippen molar-refractivity contribution in [3.05, 3.63) is 60.0 Å².